The van der Waals surface area contributed by atoms with Gasteiger partial charge >= 0.3 is 0 Å². The first-order valence-corrected chi connectivity index (χ1v) is 8.58. The predicted octanol–water partition coefficient (Wildman–Crippen LogP) is 3.25. The lowest BCUT2D eigenvalue weighted by Gasteiger charge is -2.17. The first-order valence-electron chi connectivity index (χ1n) is 8.20. The van der Waals surface area contributed by atoms with Crippen LogP contribution in [0.15, 0.2) is 33.8 Å². The molecule has 1 aromatic carbocycles. The maximum Gasteiger partial charge on any atom is 0.246 e. The number of hydrogen-bond acceptors (Lipinski definition) is 5. The van der Waals surface area contributed by atoms with Crippen LogP contribution < -0.4 is 10.6 Å². The van der Waals surface area contributed by atoms with Gasteiger partial charge in [0.15, 0.2) is 11.8 Å². The number of aliphatic imine (C=N–C) groups is 1. The Balaban J connectivity index is 1.89. The number of rotatable bonds is 7. The molecule has 2 unspecified atom stereocenters. The third kappa shape index (κ3) is 5.72. The summed E-state index contributed by atoms with van der Waals surface area (Å²) in [4.78, 5) is 8.53. The van der Waals surface area contributed by atoms with Crippen molar-refractivity contribution >= 4 is 17.6 Å². The number of halogens is 1. The van der Waals surface area contributed by atoms with E-state index in [9.17, 15) is 0 Å². The van der Waals surface area contributed by atoms with E-state index in [2.05, 4.69) is 25.8 Å². The number of guanidine groups is 1. The average Bonchev–Trinajstić information content (AvgIpc) is 3.08. The second kappa shape index (κ2) is 9.39. The summed E-state index contributed by atoms with van der Waals surface area (Å²) in [6.07, 6.45) is -0.190. The molecule has 0 aliphatic heterocycles. The van der Waals surface area contributed by atoms with Crippen LogP contribution in [-0.2, 0) is 11.3 Å². The summed E-state index contributed by atoms with van der Waals surface area (Å²) in [5.74, 6) is 1.65. The fourth-order valence-corrected chi connectivity index (χ4v) is 2.35. The van der Waals surface area contributed by atoms with E-state index in [0.29, 0.717) is 35.8 Å². The number of nitrogens with one attached hydrogen (secondary N) is 2. The molecule has 0 bridgehead atoms. The Labute approximate surface area is 152 Å². The number of aromatic nitrogens is 2. The summed E-state index contributed by atoms with van der Waals surface area (Å²) in [5, 5.41) is 11.1. The van der Waals surface area contributed by atoms with Crippen molar-refractivity contribution in [2.24, 2.45) is 4.99 Å². The van der Waals surface area contributed by atoms with Crippen LogP contribution in [0.4, 0.5) is 0 Å². The summed E-state index contributed by atoms with van der Waals surface area (Å²) in [5.41, 5.74) is 1.11. The quantitative estimate of drug-likeness (QED) is 0.578. The Morgan fingerprint density at radius 1 is 1.32 bits per heavy atom. The maximum absolute atomic E-state index is 5.92. The molecule has 0 aliphatic rings. The average molecular weight is 366 g/mol. The number of nitrogens with zero attached hydrogens (tertiary/aromatic N) is 3. The standard InChI is InChI=1S/C17H24ClN5O2/c1-5-24-12(3)16-22-15(25-23-16)10-20-17(19-4)21-11(2)13-6-8-14(18)9-7-13/h6-9,11-12H,5,10H2,1-4H3,(H2,19,20,21). The highest BCUT2D eigenvalue weighted by Crippen LogP contribution is 2.16. The van der Waals surface area contributed by atoms with Gasteiger partial charge in [-0.3, -0.25) is 4.99 Å². The SMILES string of the molecule is CCOC(C)c1noc(CNC(=NC)NC(C)c2ccc(Cl)cc2)n1. The highest BCUT2D eigenvalue weighted by Gasteiger charge is 2.14. The van der Waals surface area contributed by atoms with Gasteiger partial charge < -0.3 is 19.9 Å². The number of hydrogen-bond donors (Lipinski definition) is 2. The third-order valence-corrected chi connectivity index (χ3v) is 3.87. The fraction of sp³-hybridized carbons (Fsp3) is 0.471. The normalized spacial score (nSPS) is 14.2. The van der Waals surface area contributed by atoms with Gasteiger partial charge in [-0.25, -0.2) is 0 Å². The third-order valence-electron chi connectivity index (χ3n) is 3.62. The monoisotopic (exact) mass is 365 g/mol. The first kappa shape index (κ1) is 19.2. The second-order valence-corrected chi connectivity index (χ2v) is 5.92. The molecule has 0 saturated heterocycles. The lowest BCUT2D eigenvalue weighted by atomic mass is 10.1. The molecule has 2 N–H and O–H groups in total. The van der Waals surface area contributed by atoms with Crippen LogP contribution in [-0.4, -0.2) is 29.8 Å². The summed E-state index contributed by atoms with van der Waals surface area (Å²) in [7, 11) is 1.71. The Bertz CT molecular complexity index is 687. The molecule has 7 nitrogen and oxygen atoms in total. The van der Waals surface area contributed by atoms with Crippen LogP contribution in [0.5, 0.6) is 0 Å². The maximum atomic E-state index is 5.92. The van der Waals surface area contributed by atoms with Gasteiger partial charge in [-0.2, -0.15) is 4.98 Å². The molecule has 0 aliphatic carbocycles. The van der Waals surface area contributed by atoms with E-state index in [4.69, 9.17) is 20.9 Å². The molecule has 0 fully saturated rings. The topological polar surface area (TPSA) is 84.6 Å². The fourth-order valence-electron chi connectivity index (χ4n) is 2.22. The van der Waals surface area contributed by atoms with Crippen LogP contribution in [0.2, 0.25) is 5.02 Å². The van der Waals surface area contributed by atoms with E-state index in [0.717, 1.165) is 5.56 Å². The smallest absolute Gasteiger partial charge is 0.246 e. The summed E-state index contributed by atoms with van der Waals surface area (Å²) in [6, 6.07) is 7.76. The van der Waals surface area contributed by atoms with Gasteiger partial charge in [0.2, 0.25) is 5.89 Å². The number of ether oxygens (including phenoxy) is 1. The summed E-state index contributed by atoms with van der Waals surface area (Å²) in [6.45, 7) is 6.84. The van der Waals surface area contributed by atoms with Gasteiger partial charge in [-0.1, -0.05) is 28.9 Å². The van der Waals surface area contributed by atoms with Crippen molar-refractivity contribution in [1.82, 2.24) is 20.8 Å². The van der Waals surface area contributed by atoms with Gasteiger partial charge in [0, 0.05) is 18.7 Å². The van der Waals surface area contributed by atoms with Gasteiger partial charge in [0.05, 0.1) is 12.6 Å². The summed E-state index contributed by atoms with van der Waals surface area (Å²) < 4.78 is 10.7. The predicted molar refractivity (Wildman–Crippen MR) is 97.5 cm³/mol. The highest BCUT2D eigenvalue weighted by atomic mass is 35.5. The van der Waals surface area contributed by atoms with Gasteiger partial charge in [0.25, 0.3) is 0 Å². The van der Waals surface area contributed by atoms with Crippen molar-refractivity contribution in [3.63, 3.8) is 0 Å². The Morgan fingerprint density at radius 3 is 2.68 bits per heavy atom. The Hall–Kier alpha value is -2.12. The molecule has 0 radical (unpaired) electrons. The zero-order chi connectivity index (χ0) is 18.2. The minimum absolute atomic E-state index is 0.0692. The van der Waals surface area contributed by atoms with Gasteiger partial charge in [0.1, 0.15) is 6.10 Å². The van der Waals surface area contributed by atoms with Crippen molar-refractivity contribution in [2.45, 2.75) is 39.5 Å². The molecule has 0 spiro atoms. The van der Waals surface area contributed by atoms with Crippen molar-refractivity contribution in [3.8, 4) is 0 Å². The molecule has 2 rings (SSSR count). The van der Waals surface area contributed by atoms with E-state index < -0.39 is 0 Å². The molecule has 136 valence electrons. The largest absolute Gasteiger partial charge is 0.371 e. The molecular formula is C17H24ClN5O2. The van der Waals surface area contributed by atoms with E-state index in [1.807, 2.05) is 45.0 Å². The lowest BCUT2D eigenvalue weighted by molar-refractivity contribution is 0.0683. The Morgan fingerprint density at radius 2 is 2.04 bits per heavy atom. The van der Waals surface area contributed by atoms with E-state index >= 15 is 0 Å². The minimum atomic E-state index is -0.190. The van der Waals surface area contributed by atoms with Crippen LogP contribution in [0, 0.1) is 0 Å². The van der Waals surface area contributed by atoms with Crippen molar-refractivity contribution in [3.05, 3.63) is 46.6 Å². The van der Waals surface area contributed by atoms with Crippen LogP contribution >= 0.6 is 11.6 Å². The molecule has 0 amide bonds. The van der Waals surface area contributed by atoms with Crippen molar-refractivity contribution in [1.29, 1.82) is 0 Å². The molecule has 0 saturated carbocycles. The molecule has 8 heteroatoms. The second-order valence-electron chi connectivity index (χ2n) is 5.49. The first-order chi connectivity index (χ1) is 12.0. The van der Waals surface area contributed by atoms with Gasteiger partial charge in [-0.05, 0) is 38.5 Å². The zero-order valence-electron chi connectivity index (χ0n) is 14.9. The number of benzene rings is 1. The molecule has 1 heterocycles. The van der Waals surface area contributed by atoms with Crippen LogP contribution in [0.1, 0.15) is 50.2 Å². The molecule has 2 aromatic rings. The zero-order valence-corrected chi connectivity index (χ0v) is 15.7. The van der Waals surface area contributed by atoms with Crippen LogP contribution in [0.25, 0.3) is 0 Å². The minimum Gasteiger partial charge on any atom is -0.371 e. The van der Waals surface area contributed by atoms with E-state index in [1.54, 1.807) is 7.05 Å². The molecule has 1 aromatic heterocycles. The molecule has 25 heavy (non-hydrogen) atoms. The van der Waals surface area contributed by atoms with Crippen LogP contribution in [0.3, 0.4) is 0 Å². The Kier molecular flexibility index (Phi) is 7.21. The van der Waals surface area contributed by atoms with Crippen molar-refractivity contribution in [2.75, 3.05) is 13.7 Å². The van der Waals surface area contributed by atoms with E-state index in [-0.39, 0.29) is 12.1 Å². The summed E-state index contributed by atoms with van der Waals surface area (Å²) >= 11 is 5.92. The molecule has 2 atom stereocenters. The van der Waals surface area contributed by atoms with Crippen molar-refractivity contribution < 1.29 is 9.26 Å². The highest BCUT2D eigenvalue weighted by molar-refractivity contribution is 6.30. The lowest BCUT2D eigenvalue weighted by Crippen LogP contribution is -2.38. The van der Waals surface area contributed by atoms with Gasteiger partial charge in [-0.15, -0.1) is 0 Å². The van der Waals surface area contributed by atoms with E-state index in [1.165, 1.54) is 0 Å². The molecular weight excluding hydrogens is 342 g/mol.